The smallest absolute Gasteiger partial charge is 0.325 e. The Kier molecular flexibility index (Phi) is 3.48. The van der Waals surface area contributed by atoms with E-state index in [1.807, 2.05) is 25.1 Å². The second kappa shape index (κ2) is 4.96. The summed E-state index contributed by atoms with van der Waals surface area (Å²) in [6.45, 7) is 4.83. The lowest BCUT2D eigenvalue weighted by atomic mass is 10.1. The number of rotatable bonds is 3. The number of anilines is 1. The van der Waals surface area contributed by atoms with Gasteiger partial charge in [0.2, 0.25) is 5.91 Å². The van der Waals surface area contributed by atoms with Crippen LogP contribution in [0.3, 0.4) is 0 Å². The summed E-state index contributed by atoms with van der Waals surface area (Å²) in [7, 11) is 0. The molecule has 2 rings (SSSR count). The Morgan fingerprint density at radius 3 is 2.60 bits per heavy atom. The number of aryl methyl sites for hydroxylation is 1. The summed E-state index contributed by atoms with van der Waals surface area (Å²) in [6, 6.07) is 6.76. The summed E-state index contributed by atoms with van der Waals surface area (Å²) in [5, 5.41) is 5.19. The summed E-state index contributed by atoms with van der Waals surface area (Å²) in [5.74, 6) is -0.807. The number of benzene rings is 1. The zero-order valence-electron chi connectivity index (χ0n) is 11.7. The first-order valence-corrected chi connectivity index (χ1v) is 6.30. The van der Waals surface area contributed by atoms with Crippen LogP contribution in [0.25, 0.3) is 0 Å². The van der Waals surface area contributed by atoms with E-state index < -0.39 is 23.4 Å². The molecule has 4 amide bonds. The summed E-state index contributed by atoms with van der Waals surface area (Å²) >= 11 is 0. The van der Waals surface area contributed by atoms with Crippen LogP contribution in [0.5, 0.6) is 0 Å². The Balaban J connectivity index is 2.02. The van der Waals surface area contributed by atoms with Gasteiger partial charge in [-0.2, -0.15) is 0 Å². The van der Waals surface area contributed by atoms with Crippen molar-refractivity contribution in [3.63, 3.8) is 0 Å². The van der Waals surface area contributed by atoms with Gasteiger partial charge in [-0.15, -0.1) is 0 Å². The van der Waals surface area contributed by atoms with Crippen molar-refractivity contribution in [3.8, 4) is 0 Å². The fourth-order valence-electron chi connectivity index (χ4n) is 2.03. The van der Waals surface area contributed by atoms with Gasteiger partial charge < -0.3 is 10.6 Å². The van der Waals surface area contributed by atoms with Crippen molar-refractivity contribution < 1.29 is 14.4 Å². The molecule has 6 nitrogen and oxygen atoms in total. The largest absolute Gasteiger partial charge is 0.325 e. The summed E-state index contributed by atoms with van der Waals surface area (Å²) in [4.78, 5) is 36.4. The zero-order valence-corrected chi connectivity index (χ0v) is 11.7. The molecule has 1 aromatic rings. The molecular formula is C14H17N3O3. The summed E-state index contributed by atoms with van der Waals surface area (Å²) in [6.07, 6.45) is 0. The van der Waals surface area contributed by atoms with Gasteiger partial charge in [0, 0.05) is 5.69 Å². The van der Waals surface area contributed by atoms with Crippen molar-refractivity contribution in [2.75, 3.05) is 11.9 Å². The van der Waals surface area contributed by atoms with Gasteiger partial charge in [-0.25, -0.2) is 4.79 Å². The zero-order chi connectivity index (χ0) is 14.9. The third kappa shape index (κ3) is 2.79. The first-order chi connectivity index (χ1) is 9.29. The van der Waals surface area contributed by atoms with Crippen molar-refractivity contribution in [1.82, 2.24) is 10.2 Å². The van der Waals surface area contributed by atoms with Gasteiger partial charge in [0.15, 0.2) is 0 Å². The molecule has 0 aliphatic carbocycles. The van der Waals surface area contributed by atoms with Crippen molar-refractivity contribution >= 4 is 23.5 Å². The molecule has 1 heterocycles. The highest BCUT2D eigenvalue weighted by molar-refractivity contribution is 6.09. The quantitative estimate of drug-likeness (QED) is 0.815. The Bertz CT molecular complexity index is 581. The van der Waals surface area contributed by atoms with Crippen molar-refractivity contribution in [2.24, 2.45) is 0 Å². The Hall–Kier alpha value is -2.37. The number of hydrogen-bond acceptors (Lipinski definition) is 3. The van der Waals surface area contributed by atoms with Crippen LogP contribution >= 0.6 is 0 Å². The Morgan fingerprint density at radius 1 is 1.35 bits per heavy atom. The molecule has 0 aromatic heterocycles. The monoisotopic (exact) mass is 275 g/mol. The van der Waals surface area contributed by atoms with Crippen molar-refractivity contribution in [3.05, 3.63) is 29.8 Å². The van der Waals surface area contributed by atoms with Gasteiger partial charge in [0.05, 0.1) is 0 Å². The average Bonchev–Trinajstić information content (AvgIpc) is 2.51. The molecule has 1 aliphatic rings. The summed E-state index contributed by atoms with van der Waals surface area (Å²) < 4.78 is 0. The van der Waals surface area contributed by atoms with E-state index in [0.717, 1.165) is 10.5 Å². The van der Waals surface area contributed by atoms with Crippen LogP contribution in [0.15, 0.2) is 24.3 Å². The predicted molar refractivity (Wildman–Crippen MR) is 74.1 cm³/mol. The maximum absolute atomic E-state index is 11.9. The van der Waals surface area contributed by atoms with Gasteiger partial charge in [-0.05, 0) is 38.5 Å². The molecule has 1 aromatic carbocycles. The van der Waals surface area contributed by atoms with E-state index in [1.54, 1.807) is 19.9 Å². The molecule has 1 fully saturated rings. The van der Waals surface area contributed by atoms with Crippen LogP contribution in [0.1, 0.15) is 19.4 Å². The fraction of sp³-hybridized carbons (Fsp3) is 0.357. The highest BCUT2D eigenvalue weighted by Gasteiger charge is 2.44. The number of carbonyl (C=O) groups is 3. The van der Waals surface area contributed by atoms with Gasteiger partial charge in [0.1, 0.15) is 12.1 Å². The van der Waals surface area contributed by atoms with Crippen LogP contribution in [-0.4, -0.2) is 34.8 Å². The lowest BCUT2D eigenvalue weighted by Gasteiger charge is -2.15. The lowest BCUT2D eigenvalue weighted by Crippen LogP contribution is -2.41. The second-order valence-corrected chi connectivity index (χ2v) is 5.36. The molecule has 0 bridgehead atoms. The SMILES string of the molecule is Cc1cccc(NC(=O)CN2C(=O)NC(C)(C)C2=O)c1. The third-order valence-electron chi connectivity index (χ3n) is 3.05. The van der Waals surface area contributed by atoms with Crippen LogP contribution in [-0.2, 0) is 9.59 Å². The van der Waals surface area contributed by atoms with Crippen LogP contribution in [0.4, 0.5) is 10.5 Å². The number of hydrogen-bond donors (Lipinski definition) is 2. The highest BCUT2D eigenvalue weighted by atomic mass is 16.2. The Morgan fingerprint density at radius 2 is 2.05 bits per heavy atom. The van der Waals surface area contributed by atoms with Crippen LogP contribution in [0, 0.1) is 6.92 Å². The minimum absolute atomic E-state index is 0.290. The van der Waals surface area contributed by atoms with E-state index in [9.17, 15) is 14.4 Å². The number of nitrogens with zero attached hydrogens (tertiary/aromatic N) is 1. The van der Waals surface area contributed by atoms with Crippen LogP contribution in [0.2, 0.25) is 0 Å². The van der Waals surface area contributed by atoms with Gasteiger partial charge >= 0.3 is 6.03 Å². The van der Waals surface area contributed by atoms with Gasteiger partial charge in [0.25, 0.3) is 5.91 Å². The summed E-state index contributed by atoms with van der Waals surface area (Å²) in [5.41, 5.74) is 0.695. The van der Waals surface area contributed by atoms with E-state index in [1.165, 1.54) is 0 Å². The molecule has 0 saturated carbocycles. The first-order valence-electron chi connectivity index (χ1n) is 6.30. The number of amides is 4. The average molecular weight is 275 g/mol. The number of nitrogens with one attached hydrogen (secondary N) is 2. The molecule has 106 valence electrons. The molecule has 1 aliphatic heterocycles. The molecule has 0 atom stereocenters. The minimum Gasteiger partial charge on any atom is -0.325 e. The first kappa shape index (κ1) is 14.0. The third-order valence-corrected chi connectivity index (χ3v) is 3.05. The molecule has 1 saturated heterocycles. The minimum atomic E-state index is -0.958. The topological polar surface area (TPSA) is 78.5 Å². The number of carbonyl (C=O) groups excluding carboxylic acids is 3. The number of imide groups is 1. The maximum Gasteiger partial charge on any atom is 0.325 e. The molecule has 0 unspecified atom stereocenters. The lowest BCUT2D eigenvalue weighted by molar-refractivity contribution is -0.132. The standard InChI is InChI=1S/C14H17N3O3/c1-9-5-4-6-10(7-9)15-11(18)8-17-12(19)14(2,3)16-13(17)20/h4-7H,8H2,1-3H3,(H,15,18)(H,16,20). The van der Waals surface area contributed by atoms with E-state index >= 15 is 0 Å². The predicted octanol–water partition coefficient (Wildman–Crippen LogP) is 1.26. The van der Waals surface area contributed by atoms with Gasteiger partial charge in [-0.1, -0.05) is 12.1 Å². The van der Waals surface area contributed by atoms with Gasteiger partial charge in [-0.3, -0.25) is 14.5 Å². The van der Waals surface area contributed by atoms with Crippen molar-refractivity contribution in [2.45, 2.75) is 26.3 Å². The van der Waals surface area contributed by atoms with E-state index in [-0.39, 0.29) is 6.54 Å². The molecule has 2 N–H and O–H groups in total. The van der Waals surface area contributed by atoms with Crippen LogP contribution < -0.4 is 10.6 Å². The number of urea groups is 1. The molecule has 20 heavy (non-hydrogen) atoms. The molecule has 0 radical (unpaired) electrons. The molecule has 6 heteroatoms. The maximum atomic E-state index is 11.9. The molecular weight excluding hydrogens is 258 g/mol. The highest BCUT2D eigenvalue weighted by Crippen LogP contribution is 2.16. The van der Waals surface area contributed by atoms with Crippen molar-refractivity contribution in [1.29, 1.82) is 0 Å². The second-order valence-electron chi connectivity index (χ2n) is 5.36. The van der Waals surface area contributed by atoms with E-state index in [2.05, 4.69) is 10.6 Å². The normalized spacial score (nSPS) is 17.1. The Labute approximate surface area is 117 Å². The van der Waals surface area contributed by atoms with E-state index in [0.29, 0.717) is 5.69 Å². The molecule has 0 spiro atoms. The fourth-order valence-corrected chi connectivity index (χ4v) is 2.03. The van der Waals surface area contributed by atoms with E-state index in [4.69, 9.17) is 0 Å².